The van der Waals surface area contributed by atoms with Crippen LogP contribution >= 0.6 is 11.6 Å². The molecule has 0 aliphatic heterocycles. The Morgan fingerprint density at radius 1 is 1.40 bits per heavy atom. The standard InChI is InChI=1S/C9H8ClN3O2/c1-14-9-13-12-8(15-9)11-7-4-2-3-6(10)5-7/h2-5H,1H3,(H,11,12). The van der Waals surface area contributed by atoms with Crippen molar-refractivity contribution in [3.63, 3.8) is 0 Å². The molecule has 0 unspecified atom stereocenters. The maximum absolute atomic E-state index is 5.81. The molecule has 0 atom stereocenters. The molecule has 0 fully saturated rings. The van der Waals surface area contributed by atoms with Crippen LogP contribution in [0.2, 0.25) is 5.02 Å². The molecular formula is C9H8ClN3O2. The first-order chi connectivity index (χ1) is 7.28. The highest BCUT2D eigenvalue weighted by atomic mass is 35.5. The molecule has 0 bridgehead atoms. The van der Waals surface area contributed by atoms with E-state index in [9.17, 15) is 0 Å². The maximum Gasteiger partial charge on any atom is 0.415 e. The summed E-state index contributed by atoms with van der Waals surface area (Å²) < 4.78 is 9.83. The van der Waals surface area contributed by atoms with Crippen LogP contribution in [-0.4, -0.2) is 17.3 Å². The van der Waals surface area contributed by atoms with E-state index < -0.39 is 0 Å². The molecule has 1 heterocycles. The fraction of sp³-hybridized carbons (Fsp3) is 0.111. The van der Waals surface area contributed by atoms with E-state index in [2.05, 4.69) is 15.5 Å². The van der Waals surface area contributed by atoms with Gasteiger partial charge in [-0.3, -0.25) is 0 Å². The topological polar surface area (TPSA) is 60.2 Å². The van der Waals surface area contributed by atoms with Crippen LogP contribution in [-0.2, 0) is 0 Å². The summed E-state index contributed by atoms with van der Waals surface area (Å²) in [5.41, 5.74) is 0.772. The van der Waals surface area contributed by atoms with Crippen LogP contribution in [0, 0.1) is 0 Å². The van der Waals surface area contributed by atoms with Gasteiger partial charge in [0.15, 0.2) is 0 Å². The van der Waals surface area contributed by atoms with Crippen LogP contribution in [0.4, 0.5) is 11.7 Å². The summed E-state index contributed by atoms with van der Waals surface area (Å²) in [6.07, 6.45) is 0.111. The highest BCUT2D eigenvalue weighted by Crippen LogP contribution is 2.20. The lowest BCUT2D eigenvalue weighted by molar-refractivity contribution is 0.294. The summed E-state index contributed by atoms with van der Waals surface area (Å²) >= 11 is 5.81. The van der Waals surface area contributed by atoms with Crippen LogP contribution in [0.3, 0.4) is 0 Å². The number of methoxy groups -OCH3 is 1. The molecule has 0 radical (unpaired) electrons. The zero-order valence-corrected chi connectivity index (χ0v) is 8.65. The van der Waals surface area contributed by atoms with Crippen molar-refractivity contribution in [1.29, 1.82) is 0 Å². The van der Waals surface area contributed by atoms with Crippen LogP contribution in [0.25, 0.3) is 0 Å². The lowest BCUT2D eigenvalue weighted by Gasteiger charge is -2.00. The first kappa shape index (κ1) is 9.79. The zero-order valence-electron chi connectivity index (χ0n) is 7.90. The minimum atomic E-state index is 0.111. The van der Waals surface area contributed by atoms with Gasteiger partial charge in [-0.25, -0.2) is 0 Å². The van der Waals surface area contributed by atoms with E-state index in [0.717, 1.165) is 5.69 Å². The molecule has 1 N–H and O–H groups in total. The Hall–Kier alpha value is -1.75. The Labute approximate surface area is 91.0 Å². The van der Waals surface area contributed by atoms with Crippen molar-refractivity contribution in [2.24, 2.45) is 0 Å². The molecule has 78 valence electrons. The highest BCUT2D eigenvalue weighted by Gasteiger charge is 2.05. The second-order valence-corrected chi connectivity index (χ2v) is 3.15. The van der Waals surface area contributed by atoms with Crippen LogP contribution in [0.1, 0.15) is 0 Å². The summed E-state index contributed by atoms with van der Waals surface area (Å²) in [6.45, 7) is 0. The number of hydrogen-bond donors (Lipinski definition) is 1. The average molecular weight is 226 g/mol. The molecule has 5 nitrogen and oxygen atoms in total. The Morgan fingerprint density at radius 2 is 2.27 bits per heavy atom. The lowest BCUT2D eigenvalue weighted by Crippen LogP contribution is -1.89. The van der Waals surface area contributed by atoms with Crippen LogP contribution < -0.4 is 10.1 Å². The summed E-state index contributed by atoms with van der Waals surface area (Å²) in [6, 6.07) is 7.44. The first-order valence-corrected chi connectivity index (χ1v) is 4.56. The molecule has 2 aromatic rings. The zero-order chi connectivity index (χ0) is 10.7. The number of anilines is 2. The van der Waals surface area contributed by atoms with E-state index in [1.165, 1.54) is 7.11 Å². The molecule has 0 saturated carbocycles. The van der Waals surface area contributed by atoms with E-state index in [-0.39, 0.29) is 12.1 Å². The largest absolute Gasteiger partial charge is 0.452 e. The minimum absolute atomic E-state index is 0.111. The predicted octanol–water partition coefficient (Wildman–Crippen LogP) is 2.48. The molecule has 0 spiro atoms. The lowest BCUT2D eigenvalue weighted by atomic mass is 10.3. The van der Waals surface area contributed by atoms with Crippen LogP contribution in [0.5, 0.6) is 6.08 Å². The van der Waals surface area contributed by atoms with E-state index in [0.29, 0.717) is 5.02 Å². The normalized spacial score (nSPS) is 10.0. The molecule has 2 rings (SSSR count). The smallest absolute Gasteiger partial charge is 0.415 e. The fourth-order valence-electron chi connectivity index (χ4n) is 1.03. The van der Waals surface area contributed by atoms with Gasteiger partial charge in [-0.2, -0.15) is 0 Å². The van der Waals surface area contributed by atoms with Gasteiger partial charge in [0.1, 0.15) is 0 Å². The Kier molecular flexibility index (Phi) is 2.73. The molecule has 15 heavy (non-hydrogen) atoms. The number of benzene rings is 1. The number of nitrogens with zero attached hydrogens (tertiary/aromatic N) is 2. The predicted molar refractivity (Wildman–Crippen MR) is 55.6 cm³/mol. The van der Waals surface area contributed by atoms with Gasteiger partial charge >= 0.3 is 12.1 Å². The van der Waals surface area contributed by atoms with Crippen molar-refractivity contribution < 1.29 is 9.15 Å². The molecule has 6 heteroatoms. The first-order valence-electron chi connectivity index (χ1n) is 4.18. The van der Waals surface area contributed by atoms with Gasteiger partial charge in [-0.15, -0.1) is 0 Å². The third kappa shape index (κ3) is 2.38. The van der Waals surface area contributed by atoms with Gasteiger partial charge in [0, 0.05) is 10.7 Å². The van der Waals surface area contributed by atoms with E-state index in [1.807, 2.05) is 12.1 Å². The van der Waals surface area contributed by atoms with Crippen LogP contribution in [0.15, 0.2) is 28.7 Å². The highest BCUT2D eigenvalue weighted by molar-refractivity contribution is 6.30. The third-order valence-corrected chi connectivity index (χ3v) is 1.89. The molecule has 0 amide bonds. The van der Waals surface area contributed by atoms with Crippen molar-refractivity contribution in [3.8, 4) is 6.08 Å². The quantitative estimate of drug-likeness (QED) is 0.870. The Bertz CT molecular complexity index is 458. The van der Waals surface area contributed by atoms with Gasteiger partial charge in [0.25, 0.3) is 0 Å². The molecular weight excluding hydrogens is 218 g/mol. The van der Waals surface area contributed by atoms with Gasteiger partial charge in [-0.05, 0) is 18.2 Å². The number of halogens is 1. The Balaban J connectivity index is 2.14. The van der Waals surface area contributed by atoms with Crippen molar-refractivity contribution in [2.75, 3.05) is 12.4 Å². The van der Waals surface area contributed by atoms with E-state index in [4.69, 9.17) is 20.8 Å². The number of nitrogens with one attached hydrogen (secondary N) is 1. The second kappa shape index (κ2) is 4.18. The summed E-state index contributed by atoms with van der Waals surface area (Å²) in [7, 11) is 1.46. The molecule has 1 aromatic heterocycles. The van der Waals surface area contributed by atoms with Crippen molar-refractivity contribution in [2.45, 2.75) is 0 Å². The van der Waals surface area contributed by atoms with E-state index >= 15 is 0 Å². The molecule has 0 saturated heterocycles. The number of rotatable bonds is 3. The van der Waals surface area contributed by atoms with E-state index in [1.54, 1.807) is 12.1 Å². The van der Waals surface area contributed by atoms with Crippen molar-refractivity contribution >= 4 is 23.3 Å². The number of ether oxygens (including phenoxy) is 1. The summed E-state index contributed by atoms with van der Waals surface area (Å²) in [5.74, 6) is 0. The van der Waals surface area contributed by atoms with Crippen molar-refractivity contribution in [3.05, 3.63) is 29.3 Å². The van der Waals surface area contributed by atoms with Crippen molar-refractivity contribution in [1.82, 2.24) is 10.2 Å². The fourth-order valence-corrected chi connectivity index (χ4v) is 1.22. The average Bonchev–Trinajstić information content (AvgIpc) is 2.65. The molecule has 1 aromatic carbocycles. The van der Waals surface area contributed by atoms with Gasteiger partial charge < -0.3 is 14.5 Å². The SMILES string of the molecule is COc1nnc(Nc2cccc(Cl)c2)o1. The number of aromatic nitrogens is 2. The number of hydrogen-bond acceptors (Lipinski definition) is 5. The second-order valence-electron chi connectivity index (χ2n) is 2.71. The molecule has 0 aliphatic rings. The summed E-state index contributed by atoms with van der Waals surface area (Å²) in [4.78, 5) is 0. The summed E-state index contributed by atoms with van der Waals surface area (Å²) in [5, 5.41) is 10.9. The van der Waals surface area contributed by atoms with Gasteiger partial charge in [0.2, 0.25) is 0 Å². The van der Waals surface area contributed by atoms with Gasteiger partial charge in [0.05, 0.1) is 7.11 Å². The Morgan fingerprint density at radius 3 is 2.93 bits per heavy atom. The monoisotopic (exact) mass is 225 g/mol. The van der Waals surface area contributed by atoms with Gasteiger partial charge in [-0.1, -0.05) is 27.9 Å². The minimum Gasteiger partial charge on any atom is -0.452 e. The molecule has 0 aliphatic carbocycles. The maximum atomic E-state index is 5.81. The third-order valence-electron chi connectivity index (χ3n) is 1.66.